The van der Waals surface area contributed by atoms with Crippen LogP contribution in [0.2, 0.25) is 0 Å². The summed E-state index contributed by atoms with van der Waals surface area (Å²) in [6.45, 7) is 0. The van der Waals surface area contributed by atoms with Gasteiger partial charge in [0.2, 0.25) is 0 Å². The van der Waals surface area contributed by atoms with Crippen LogP contribution in [0.1, 0.15) is 44.7 Å². The van der Waals surface area contributed by atoms with E-state index in [9.17, 15) is 9.59 Å². The summed E-state index contributed by atoms with van der Waals surface area (Å²) < 4.78 is 11.7. The molecule has 4 heteroatoms. The number of rotatable bonds is 11. The van der Waals surface area contributed by atoms with E-state index >= 15 is 0 Å². The Morgan fingerprint density at radius 3 is 1.13 bits per heavy atom. The normalized spacial score (nSPS) is 11.6. The lowest BCUT2D eigenvalue weighted by molar-refractivity contribution is 0.0516. The molecule has 38 heavy (non-hydrogen) atoms. The van der Waals surface area contributed by atoms with Crippen molar-refractivity contribution in [2.75, 3.05) is 0 Å². The van der Waals surface area contributed by atoms with E-state index in [2.05, 4.69) is 24.3 Å². The zero-order chi connectivity index (χ0) is 26.4. The molecule has 0 heterocycles. The summed E-state index contributed by atoms with van der Waals surface area (Å²) in [7, 11) is 0. The Balaban J connectivity index is 1.61. The van der Waals surface area contributed by atoms with Crippen LogP contribution in [0.15, 0.2) is 145 Å². The lowest BCUT2D eigenvalue weighted by Crippen LogP contribution is -2.12. The van der Waals surface area contributed by atoms with E-state index in [0.717, 1.165) is 24.0 Å². The third kappa shape index (κ3) is 8.17. The number of carbonyl (C=O) groups is 2. The molecule has 0 amide bonds. The first-order valence-electron chi connectivity index (χ1n) is 12.7. The van der Waals surface area contributed by atoms with Gasteiger partial charge in [0, 0.05) is 0 Å². The van der Waals surface area contributed by atoms with Crippen LogP contribution in [-0.2, 0) is 22.3 Å². The second kappa shape index (κ2) is 14.1. The summed E-state index contributed by atoms with van der Waals surface area (Å²) in [5, 5.41) is 0. The second-order valence-electron chi connectivity index (χ2n) is 8.70. The van der Waals surface area contributed by atoms with Crippen LogP contribution in [0, 0.1) is 0 Å². The van der Waals surface area contributed by atoms with E-state index < -0.39 is 11.9 Å². The van der Waals surface area contributed by atoms with Gasteiger partial charge in [-0.15, -0.1) is 0 Å². The Hall–Kier alpha value is -4.70. The molecule has 0 bridgehead atoms. The fourth-order valence-corrected chi connectivity index (χ4v) is 3.88. The van der Waals surface area contributed by atoms with Crippen molar-refractivity contribution in [3.63, 3.8) is 0 Å². The van der Waals surface area contributed by atoms with Crippen molar-refractivity contribution in [3.8, 4) is 0 Å². The van der Waals surface area contributed by atoms with Crippen molar-refractivity contribution >= 4 is 11.9 Å². The molecule has 0 saturated carbocycles. The number of allylic oxidation sites excluding steroid dienone is 2. The van der Waals surface area contributed by atoms with Gasteiger partial charge in [-0.3, -0.25) is 0 Å². The zero-order valence-electron chi connectivity index (χ0n) is 21.2. The fraction of sp³-hybridized carbons (Fsp3) is 0.118. The van der Waals surface area contributed by atoms with E-state index in [1.54, 1.807) is 48.5 Å². The highest BCUT2D eigenvalue weighted by atomic mass is 16.6. The molecule has 0 aromatic heterocycles. The van der Waals surface area contributed by atoms with Crippen LogP contribution >= 0.6 is 0 Å². The maximum absolute atomic E-state index is 13.0. The van der Waals surface area contributed by atoms with Crippen LogP contribution < -0.4 is 0 Å². The largest absolute Gasteiger partial charge is 0.419 e. The van der Waals surface area contributed by atoms with Gasteiger partial charge in [-0.05, 0) is 73.2 Å². The number of benzene rings is 4. The van der Waals surface area contributed by atoms with Crippen LogP contribution in [-0.4, -0.2) is 11.9 Å². The van der Waals surface area contributed by atoms with Crippen molar-refractivity contribution < 1.29 is 19.1 Å². The smallest absolute Gasteiger partial charge is 0.343 e. The standard InChI is InChI=1S/C34H30O4/c35-33(29-21-9-3-10-22-29)37-31(25-13-19-27-15-5-1-6-16-27)32(26-14-20-28-17-7-2-8-18-28)38-34(36)30-23-11-4-12-24-30/h1-12,15-18,21-26H,13-14,19-20H2/b31-25+,32-26+. The van der Waals surface area contributed by atoms with E-state index in [1.165, 1.54) is 0 Å². The Morgan fingerprint density at radius 1 is 0.474 bits per heavy atom. The third-order valence-electron chi connectivity index (χ3n) is 5.88. The van der Waals surface area contributed by atoms with E-state index in [-0.39, 0.29) is 11.5 Å². The molecule has 190 valence electrons. The minimum atomic E-state index is -0.513. The summed E-state index contributed by atoms with van der Waals surface area (Å²) in [5.74, 6) is -0.568. The Bertz CT molecular complexity index is 1250. The van der Waals surface area contributed by atoms with Gasteiger partial charge >= 0.3 is 11.9 Å². The monoisotopic (exact) mass is 502 g/mol. The molecule has 0 fully saturated rings. The third-order valence-corrected chi connectivity index (χ3v) is 5.88. The molecule has 0 atom stereocenters. The molecule has 0 aliphatic heterocycles. The summed E-state index contributed by atoms with van der Waals surface area (Å²) in [5.41, 5.74) is 3.15. The fourth-order valence-electron chi connectivity index (χ4n) is 3.88. The van der Waals surface area contributed by atoms with Gasteiger partial charge in [0.15, 0.2) is 11.5 Å². The van der Waals surface area contributed by atoms with Crippen molar-refractivity contribution in [1.29, 1.82) is 0 Å². The number of esters is 2. The molecular weight excluding hydrogens is 472 g/mol. The minimum absolute atomic E-state index is 0.229. The van der Waals surface area contributed by atoms with Gasteiger partial charge in [-0.25, -0.2) is 9.59 Å². The van der Waals surface area contributed by atoms with Crippen LogP contribution in [0.5, 0.6) is 0 Å². The van der Waals surface area contributed by atoms with Crippen molar-refractivity contribution in [3.05, 3.63) is 167 Å². The molecule has 4 aromatic carbocycles. The predicted molar refractivity (Wildman–Crippen MR) is 149 cm³/mol. The van der Waals surface area contributed by atoms with E-state index in [4.69, 9.17) is 9.47 Å². The summed E-state index contributed by atoms with van der Waals surface area (Å²) in [6, 6.07) is 37.7. The Kier molecular flexibility index (Phi) is 9.81. The first-order valence-corrected chi connectivity index (χ1v) is 12.7. The Labute approximate surface area is 223 Å². The SMILES string of the molecule is O=C(OC(=C/CCc1ccccc1)/C(=C\CCc1ccccc1)OC(=O)c1ccccc1)c1ccccc1. The summed E-state index contributed by atoms with van der Waals surface area (Å²) in [6.07, 6.45) is 6.33. The van der Waals surface area contributed by atoms with Gasteiger partial charge in [0.05, 0.1) is 11.1 Å². The molecule has 4 aromatic rings. The van der Waals surface area contributed by atoms with Gasteiger partial charge in [-0.2, -0.15) is 0 Å². The number of ether oxygens (including phenoxy) is 2. The van der Waals surface area contributed by atoms with Crippen LogP contribution in [0.25, 0.3) is 0 Å². The number of hydrogen-bond acceptors (Lipinski definition) is 4. The molecule has 0 N–H and O–H groups in total. The van der Waals surface area contributed by atoms with Gasteiger partial charge in [-0.1, -0.05) is 97.1 Å². The molecule has 4 nitrogen and oxygen atoms in total. The second-order valence-corrected chi connectivity index (χ2v) is 8.70. The quantitative estimate of drug-likeness (QED) is 0.120. The maximum Gasteiger partial charge on any atom is 0.343 e. The van der Waals surface area contributed by atoms with E-state index in [0.29, 0.717) is 24.0 Å². The highest BCUT2D eigenvalue weighted by Crippen LogP contribution is 2.21. The Morgan fingerprint density at radius 2 is 0.789 bits per heavy atom. The van der Waals surface area contributed by atoms with Crippen LogP contribution in [0.3, 0.4) is 0 Å². The molecule has 4 rings (SSSR count). The molecule has 0 aliphatic rings. The average molecular weight is 503 g/mol. The van der Waals surface area contributed by atoms with Gasteiger partial charge < -0.3 is 9.47 Å². The first-order chi connectivity index (χ1) is 18.7. The van der Waals surface area contributed by atoms with E-state index in [1.807, 2.05) is 60.7 Å². The van der Waals surface area contributed by atoms with Gasteiger partial charge in [0.1, 0.15) is 0 Å². The number of aryl methyl sites for hydroxylation is 2. The highest BCUT2D eigenvalue weighted by molar-refractivity contribution is 5.91. The number of hydrogen-bond donors (Lipinski definition) is 0. The average Bonchev–Trinajstić information content (AvgIpc) is 2.98. The summed E-state index contributed by atoms with van der Waals surface area (Å²) >= 11 is 0. The molecule has 0 spiro atoms. The van der Waals surface area contributed by atoms with Crippen molar-refractivity contribution in [1.82, 2.24) is 0 Å². The van der Waals surface area contributed by atoms with Crippen LogP contribution in [0.4, 0.5) is 0 Å². The highest BCUT2D eigenvalue weighted by Gasteiger charge is 2.19. The van der Waals surface area contributed by atoms with Crippen molar-refractivity contribution in [2.24, 2.45) is 0 Å². The molecule has 0 aliphatic carbocycles. The topological polar surface area (TPSA) is 52.6 Å². The zero-order valence-corrected chi connectivity index (χ0v) is 21.2. The lowest BCUT2D eigenvalue weighted by atomic mass is 10.1. The number of carbonyl (C=O) groups excluding carboxylic acids is 2. The summed E-state index contributed by atoms with van der Waals surface area (Å²) in [4.78, 5) is 26.0. The minimum Gasteiger partial charge on any atom is -0.419 e. The molecular formula is C34H30O4. The lowest BCUT2D eigenvalue weighted by Gasteiger charge is -2.14. The predicted octanol–water partition coefficient (Wildman–Crippen LogP) is 7.73. The molecule has 0 unspecified atom stereocenters. The maximum atomic E-state index is 13.0. The van der Waals surface area contributed by atoms with Crippen molar-refractivity contribution in [2.45, 2.75) is 25.7 Å². The molecule has 0 radical (unpaired) electrons. The van der Waals surface area contributed by atoms with Gasteiger partial charge in [0.25, 0.3) is 0 Å². The first kappa shape index (κ1) is 26.4. The molecule has 0 saturated heterocycles.